The molecular formula is C16H22S. The first-order valence-corrected chi connectivity index (χ1v) is 8.03. The molecule has 0 radical (unpaired) electrons. The van der Waals surface area contributed by atoms with E-state index in [0.29, 0.717) is 0 Å². The Morgan fingerprint density at radius 3 is 2.47 bits per heavy atom. The van der Waals surface area contributed by atoms with E-state index in [-0.39, 0.29) is 0 Å². The summed E-state index contributed by atoms with van der Waals surface area (Å²) < 4.78 is 0. The van der Waals surface area contributed by atoms with Crippen LogP contribution in [0.25, 0.3) is 0 Å². The van der Waals surface area contributed by atoms with Gasteiger partial charge in [-0.25, -0.2) is 0 Å². The molecule has 17 heavy (non-hydrogen) atoms. The maximum atomic E-state index is 2.27. The Bertz CT molecular complexity index is 344. The summed E-state index contributed by atoms with van der Waals surface area (Å²) in [5.74, 6) is 2.07. The van der Waals surface area contributed by atoms with Gasteiger partial charge in [-0.2, -0.15) is 0 Å². The fourth-order valence-electron chi connectivity index (χ4n) is 3.70. The minimum absolute atomic E-state index is 0.899. The SMILES string of the molecule is c1ccc(SC2CCC[C@@H]3CCCC[C@@H]23)cc1. The van der Waals surface area contributed by atoms with Crippen molar-refractivity contribution in [2.45, 2.75) is 55.1 Å². The van der Waals surface area contributed by atoms with Crippen LogP contribution in [0.5, 0.6) is 0 Å². The summed E-state index contributed by atoms with van der Waals surface area (Å²) in [5.41, 5.74) is 0. The number of rotatable bonds is 2. The second-order valence-electron chi connectivity index (χ2n) is 5.61. The van der Waals surface area contributed by atoms with Crippen LogP contribution in [0.4, 0.5) is 0 Å². The summed E-state index contributed by atoms with van der Waals surface area (Å²) in [6.07, 6.45) is 10.4. The van der Waals surface area contributed by atoms with Crippen LogP contribution in [-0.2, 0) is 0 Å². The molecule has 1 heteroatoms. The van der Waals surface area contributed by atoms with Crippen molar-refractivity contribution < 1.29 is 0 Å². The van der Waals surface area contributed by atoms with Gasteiger partial charge in [0.05, 0.1) is 0 Å². The lowest BCUT2D eigenvalue weighted by Crippen LogP contribution is -2.32. The smallest absolute Gasteiger partial charge is 0.0125 e. The summed E-state index contributed by atoms with van der Waals surface area (Å²) in [6, 6.07) is 11.0. The van der Waals surface area contributed by atoms with Crippen molar-refractivity contribution in [3.63, 3.8) is 0 Å². The average Bonchev–Trinajstić information content (AvgIpc) is 2.40. The Morgan fingerprint density at radius 2 is 1.59 bits per heavy atom. The Hall–Kier alpha value is -0.430. The normalized spacial score (nSPS) is 33.1. The van der Waals surface area contributed by atoms with Gasteiger partial charge in [-0.3, -0.25) is 0 Å². The predicted octanol–water partition coefficient (Wildman–Crippen LogP) is 5.14. The van der Waals surface area contributed by atoms with Gasteiger partial charge >= 0.3 is 0 Å². The van der Waals surface area contributed by atoms with Crippen LogP contribution in [0.3, 0.4) is 0 Å². The zero-order valence-electron chi connectivity index (χ0n) is 10.5. The number of hydrogen-bond donors (Lipinski definition) is 0. The Labute approximate surface area is 109 Å². The lowest BCUT2D eigenvalue weighted by molar-refractivity contribution is 0.178. The van der Waals surface area contributed by atoms with Crippen molar-refractivity contribution in [2.24, 2.45) is 11.8 Å². The van der Waals surface area contributed by atoms with Gasteiger partial charge in [-0.15, -0.1) is 11.8 Å². The quantitative estimate of drug-likeness (QED) is 0.696. The minimum atomic E-state index is 0.899. The van der Waals surface area contributed by atoms with Crippen molar-refractivity contribution in [3.8, 4) is 0 Å². The minimum Gasteiger partial charge on any atom is -0.122 e. The molecule has 2 fully saturated rings. The van der Waals surface area contributed by atoms with E-state index in [9.17, 15) is 0 Å². The Balaban J connectivity index is 1.69. The highest BCUT2D eigenvalue weighted by molar-refractivity contribution is 8.00. The highest BCUT2D eigenvalue weighted by Crippen LogP contribution is 2.46. The second-order valence-corrected chi connectivity index (χ2v) is 6.92. The third kappa shape index (κ3) is 2.70. The van der Waals surface area contributed by atoms with E-state index in [4.69, 9.17) is 0 Å². The van der Waals surface area contributed by atoms with Gasteiger partial charge in [-0.05, 0) is 36.8 Å². The standard InChI is InChI=1S/C16H22S/c1-2-9-14(10-3-1)17-16-12-6-8-13-7-4-5-11-15(13)16/h1-3,9-10,13,15-16H,4-8,11-12H2/t13-,15+,16?/m0/s1. The van der Waals surface area contributed by atoms with Gasteiger partial charge in [0, 0.05) is 10.1 Å². The molecule has 2 aliphatic carbocycles. The van der Waals surface area contributed by atoms with Crippen LogP contribution in [0, 0.1) is 11.8 Å². The Morgan fingerprint density at radius 1 is 0.824 bits per heavy atom. The summed E-state index contributed by atoms with van der Waals surface area (Å²) in [6.45, 7) is 0. The molecule has 0 aromatic heterocycles. The van der Waals surface area contributed by atoms with Crippen molar-refractivity contribution >= 4 is 11.8 Å². The van der Waals surface area contributed by atoms with Gasteiger partial charge in [0.1, 0.15) is 0 Å². The molecule has 0 saturated heterocycles. The molecule has 3 rings (SSSR count). The molecule has 92 valence electrons. The van der Waals surface area contributed by atoms with E-state index < -0.39 is 0 Å². The third-order valence-corrected chi connectivity index (χ3v) is 5.97. The summed E-state index contributed by atoms with van der Waals surface area (Å²) >= 11 is 2.15. The lowest BCUT2D eigenvalue weighted by Gasteiger charge is -2.41. The molecular weight excluding hydrogens is 224 g/mol. The molecule has 3 atom stereocenters. The van der Waals surface area contributed by atoms with Crippen molar-refractivity contribution in [1.82, 2.24) is 0 Å². The van der Waals surface area contributed by atoms with Crippen LogP contribution < -0.4 is 0 Å². The van der Waals surface area contributed by atoms with Crippen LogP contribution in [0.15, 0.2) is 35.2 Å². The summed E-state index contributed by atoms with van der Waals surface area (Å²) in [7, 11) is 0. The van der Waals surface area contributed by atoms with E-state index in [1.807, 2.05) is 0 Å². The van der Waals surface area contributed by atoms with Crippen molar-refractivity contribution in [2.75, 3.05) is 0 Å². The predicted molar refractivity (Wildman–Crippen MR) is 75.4 cm³/mol. The lowest BCUT2D eigenvalue weighted by atomic mass is 9.71. The van der Waals surface area contributed by atoms with E-state index >= 15 is 0 Å². The zero-order valence-corrected chi connectivity index (χ0v) is 11.3. The van der Waals surface area contributed by atoms with Crippen molar-refractivity contribution in [1.29, 1.82) is 0 Å². The van der Waals surface area contributed by atoms with Gasteiger partial charge in [-0.1, -0.05) is 50.3 Å². The van der Waals surface area contributed by atoms with E-state index in [1.165, 1.54) is 49.8 Å². The molecule has 2 saturated carbocycles. The van der Waals surface area contributed by atoms with Gasteiger partial charge in [0.25, 0.3) is 0 Å². The van der Waals surface area contributed by atoms with Gasteiger partial charge in [0.2, 0.25) is 0 Å². The molecule has 0 bridgehead atoms. The maximum Gasteiger partial charge on any atom is 0.0125 e. The van der Waals surface area contributed by atoms with Crippen LogP contribution in [-0.4, -0.2) is 5.25 Å². The first-order chi connectivity index (χ1) is 8.43. The molecule has 0 heterocycles. The van der Waals surface area contributed by atoms with Crippen molar-refractivity contribution in [3.05, 3.63) is 30.3 Å². The van der Waals surface area contributed by atoms with Crippen LogP contribution >= 0.6 is 11.8 Å². The number of thioether (sulfide) groups is 1. The van der Waals surface area contributed by atoms with Crippen LogP contribution in [0.1, 0.15) is 44.9 Å². The molecule has 1 unspecified atom stereocenters. The highest BCUT2D eigenvalue weighted by Gasteiger charge is 2.35. The molecule has 0 spiro atoms. The fraction of sp³-hybridized carbons (Fsp3) is 0.625. The number of fused-ring (bicyclic) bond motifs is 1. The molecule has 0 nitrogen and oxygen atoms in total. The first-order valence-electron chi connectivity index (χ1n) is 7.15. The Kier molecular flexibility index (Phi) is 3.75. The summed E-state index contributed by atoms with van der Waals surface area (Å²) in [5, 5.41) is 0.899. The monoisotopic (exact) mass is 246 g/mol. The van der Waals surface area contributed by atoms with Gasteiger partial charge in [0.15, 0.2) is 0 Å². The third-order valence-electron chi connectivity index (χ3n) is 4.54. The molecule has 0 amide bonds. The molecule has 2 aliphatic rings. The molecule has 0 N–H and O–H groups in total. The highest BCUT2D eigenvalue weighted by atomic mass is 32.2. The molecule has 1 aromatic carbocycles. The molecule has 0 aliphatic heterocycles. The van der Waals surface area contributed by atoms with Gasteiger partial charge < -0.3 is 0 Å². The average molecular weight is 246 g/mol. The molecule has 1 aromatic rings. The fourth-order valence-corrected chi connectivity index (χ4v) is 5.18. The topological polar surface area (TPSA) is 0 Å². The number of hydrogen-bond acceptors (Lipinski definition) is 1. The second kappa shape index (κ2) is 5.48. The van der Waals surface area contributed by atoms with E-state index in [0.717, 1.165) is 17.1 Å². The van der Waals surface area contributed by atoms with Crippen LogP contribution in [0.2, 0.25) is 0 Å². The first kappa shape index (κ1) is 11.6. The maximum absolute atomic E-state index is 2.27. The number of benzene rings is 1. The van der Waals surface area contributed by atoms with E-state index in [1.54, 1.807) is 0 Å². The largest absolute Gasteiger partial charge is 0.122 e. The summed E-state index contributed by atoms with van der Waals surface area (Å²) in [4.78, 5) is 1.48. The van der Waals surface area contributed by atoms with E-state index in [2.05, 4.69) is 42.1 Å². The zero-order chi connectivity index (χ0) is 11.5.